The van der Waals surface area contributed by atoms with E-state index in [0.717, 1.165) is 0 Å². The number of rotatable bonds is 2. The van der Waals surface area contributed by atoms with E-state index in [2.05, 4.69) is 5.11 Å². The van der Waals surface area contributed by atoms with Crippen LogP contribution in [0.4, 0.5) is 0 Å². The van der Waals surface area contributed by atoms with Gasteiger partial charge in [-0.15, -0.1) is 5.11 Å². The maximum Gasteiger partial charge on any atom is 0.484 e. The number of allylic oxidation sites excluding steroid dienone is 3. The normalized spacial score (nSPS) is 15.8. The van der Waals surface area contributed by atoms with Gasteiger partial charge in [0.2, 0.25) is 0 Å². The third kappa shape index (κ3) is 2.33. The molecule has 13 heavy (non-hydrogen) atoms. The zero-order valence-electron chi connectivity index (χ0n) is 6.90. The fourth-order valence-corrected chi connectivity index (χ4v) is 1.12. The summed E-state index contributed by atoms with van der Waals surface area (Å²) in [5, 5.41) is 20.3. The van der Waals surface area contributed by atoms with Crippen LogP contribution in [0.1, 0.15) is 12.8 Å². The van der Waals surface area contributed by atoms with Crippen molar-refractivity contribution < 1.29 is 14.8 Å². The average molecular weight is 180 g/mol. The number of nitrogens with zero attached hydrogens (tertiary/aromatic N) is 1. The van der Waals surface area contributed by atoms with Crippen LogP contribution in [0, 0.1) is 5.53 Å². The molecule has 0 saturated carbocycles. The van der Waals surface area contributed by atoms with Gasteiger partial charge in [0, 0.05) is 5.57 Å². The van der Waals surface area contributed by atoms with Gasteiger partial charge in [0.1, 0.15) is 0 Å². The Kier molecular flexibility index (Phi) is 3.10. The van der Waals surface area contributed by atoms with Crippen LogP contribution < -0.4 is 0 Å². The Morgan fingerprint density at radius 1 is 1.46 bits per heavy atom. The molecule has 0 bridgehead atoms. The van der Waals surface area contributed by atoms with Crippen molar-refractivity contribution in [1.82, 2.24) is 0 Å². The number of hydrogen-bond donors (Lipinski definition) is 3. The van der Waals surface area contributed by atoms with Crippen molar-refractivity contribution in [2.75, 3.05) is 0 Å². The number of carbonyl (C=O) groups excluding carboxylic acids is 1. The van der Waals surface area contributed by atoms with Crippen molar-refractivity contribution in [1.29, 1.82) is 5.53 Å². The molecule has 1 aliphatic rings. The Morgan fingerprint density at radius 3 is 2.54 bits per heavy atom. The fourth-order valence-electron chi connectivity index (χ4n) is 1.12. The van der Waals surface area contributed by atoms with E-state index < -0.39 is 13.0 Å². The van der Waals surface area contributed by atoms with Gasteiger partial charge in [-0.1, -0.05) is 12.2 Å². The quantitative estimate of drug-likeness (QED) is 0.418. The summed E-state index contributed by atoms with van der Waals surface area (Å²) in [6, 6.07) is 0. The summed E-state index contributed by atoms with van der Waals surface area (Å²) in [4.78, 5) is 10.9. The van der Waals surface area contributed by atoms with Crippen LogP contribution in [0.15, 0.2) is 28.3 Å². The van der Waals surface area contributed by atoms with Gasteiger partial charge in [0.15, 0.2) is 0 Å². The second-order valence-electron chi connectivity index (χ2n) is 2.72. The molecule has 1 amide bonds. The van der Waals surface area contributed by atoms with Gasteiger partial charge in [-0.25, -0.2) is 5.53 Å². The second kappa shape index (κ2) is 4.11. The van der Waals surface area contributed by atoms with Gasteiger partial charge < -0.3 is 10.0 Å². The molecular formula is C7H9BN2O3. The summed E-state index contributed by atoms with van der Waals surface area (Å²) < 4.78 is 0. The van der Waals surface area contributed by atoms with Crippen LogP contribution in [0.25, 0.3) is 0 Å². The number of hydrogen-bond acceptors (Lipinski definition) is 4. The van der Waals surface area contributed by atoms with Gasteiger partial charge >= 0.3 is 7.12 Å². The molecule has 1 rings (SSSR count). The van der Waals surface area contributed by atoms with E-state index in [1.54, 1.807) is 0 Å². The highest BCUT2D eigenvalue weighted by Crippen LogP contribution is 2.19. The van der Waals surface area contributed by atoms with E-state index in [4.69, 9.17) is 15.6 Å². The van der Waals surface area contributed by atoms with E-state index in [1.807, 2.05) is 0 Å². The number of nitrogens with one attached hydrogen (secondary N) is 1. The first-order chi connectivity index (χ1) is 6.15. The maximum atomic E-state index is 10.9. The molecule has 6 heteroatoms. The van der Waals surface area contributed by atoms with E-state index >= 15 is 0 Å². The van der Waals surface area contributed by atoms with Gasteiger partial charge in [-0.05, 0) is 18.3 Å². The van der Waals surface area contributed by atoms with Crippen LogP contribution in [0.2, 0.25) is 0 Å². The number of carbonyl (C=O) groups is 1. The molecular weight excluding hydrogens is 171 g/mol. The third-order valence-electron chi connectivity index (χ3n) is 1.89. The summed E-state index contributed by atoms with van der Waals surface area (Å²) in [6.45, 7) is 0. The van der Waals surface area contributed by atoms with E-state index in [-0.39, 0.29) is 0 Å². The molecule has 0 aromatic carbocycles. The minimum absolute atomic E-state index is 0.407. The average Bonchev–Trinajstić information content (AvgIpc) is 2.17. The Labute approximate surface area is 75.4 Å². The molecule has 3 N–H and O–H groups in total. The molecule has 0 aromatic rings. The lowest BCUT2D eigenvalue weighted by molar-refractivity contribution is -0.115. The lowest BCUT2D eigenvalue weighted by Crippen LogP contribution is -2.17. The largest absolute Gasteiger partial charge is 0.484 e. The van der Waals surface area contributed by atoms with E-state index in [9.17, 15) is 4.79 Å². The molecule has 0 spiro atoms. The molecule has 1 aliphatic carbocycles. The van der Waals surface area contributed by atoms with Crippen LogP contribution >= 0.6 is 0 Å². The van der Waals surface area contributed by atoms with E-state index in [0.29, 0.717) is 23.9 Å². The molecule has 0 aliphatic heterocycles. The molecule has 0 aromatic heterocycles. The first-order valence-electron chi connectivity index (χ1n) is 3.82. The molecule has 0 atom stereocenters. The first-order valence-corrected chi connectivity index (χ1v) is 3.82. The highest BCUT2D eigenvalue weighted by atomic mass is 16.4. The number of amides is 1. The van der Waals surface area contributed by atoms with Crippen molar-refractivity contribution in [3.8, 4) is 0 Å². The topological polar surface area (TPSA) is 93.7 Å². The van der Waals surface area contributed by atoms with Crippen molar-refractivity contribution in [3.05, 3.63) is 23.2 Å². The van der Waals surface area contributed by atoms with Crippen LogP contribution in [-0.4, -0.2) is 23.1 Å². The van der Waals surface area contributed by atoms with Gasteiger partial charge in [-0.2, -0.15) is 0 Å². The molecule has 0 heterocycles. The predicted molar refractivity (Wildman–Crippen MR) is 45.7 cm³/mol. The molecule has 68 valence electrons. The smallest absolute Gasteiger partial charge is 0.423 e. The van der Waals surface area contributed by atoms with Crippen molar-refractivity contribution in [2.45, 2.75) is 12.8 Å². The Hall–Kier alpha value is -1.27. The van der Waals surface area contributed by atoms with Crippen molar-refractivity contribution in [2.24, 2.45) is 5.11 Å². The van der Waals surface area contributed by atoms with Crippen molar-refractivity contribution >= 4 is 13.0 Å². The molecule has 0 unspecified atom stereocenters. The fraction of sp³-hybridized carbons (Fsp3) is 0.286. The molecule has 0 saturated heterocycles. The van der Waals surface area contributed by atoms with Crippen LogP contribution in [0.3, 0.4) is 0 Å². The summed E-state index contributed by atoms with van der Waals surface area (Å²) >= 11 is 0. The predicted octanol–water partition coefficient (Wildman–Crippen LogP) is 0.203. The molecule has 0 radical (unpaired) electrons. The highest BCUT2D eigenvalue weighted by molar-refractivity contribution is 6.50. The van der Waals surface area contributed by atoms with E-state index in [1.165, 1.54) is 12.2 Å². The lowest BCUT2D eigenvalue weighted by atomic mass is 9.74. The SMILES string of the molecule is N=NC(=O)C1=CC=C(B(O)O)CC1. The highest BCUT2D eigenvalue weighted by Gasteiger charge is 2.19. The Morgan fingerprint density at radius 2 is 2.15 bits per heavy atom. The van der Waals surface area contributed by atoms with Crippen LogP contribution in [-0.2, 0) is 4.79 Å². The zero-order valence-corrected chi connectivity index (χ0v) is 6.90. The minimum Gasteiger partial charge on any atom is -0.423 e. The van der Waals surface area contributed by atoms with Gasteiger partial charge in [-0.3, -0.25) is 4.79 Å². The third-order valence-corrected chi connectivity index (χ3v) is 1.89. The summed E-state index contributed by atoms with van der Waals surface area (Å²) in [5.74, 6) is -0.567. The van der Waals surface area contributed by atoms with Gasteiger partial charge in [0.25, 0.3) is 5.91 Å². The minimum atomic E-state index is -1.46. The Balaban J connectivity index is 2.76. The summed E-state index contributed by atoms with van der Waals surface area (Å²) in [5.41, 5.74) is 7.40. The second-order valence-corrected chi connectivity index (χ2v) is 2.72. The maximum absolute atomic E-state index is 10.9. The van der Waals surface area contributed by atoms with Crippen LogP contribution in [0.5, 0.6) is 0 Å². The monoisotopic (exact) mass is 180 g/mol. The Bertz CT molecular complexity index is 296. The zero-order chi connectivity index (χ0) is 9.84. The van der Waals surface area contributed by atoms with Gasteiger partial charge in [0.05, 0.1) is 0 Å². The molecule has 0 fully saturated rings. The first kappa shape index (κ1) is 9.82. The molecule has 5 nitrogen and oxygen atoms in total. The summed E-state index contributed by atoms with van der Waals surface area (Å²) in [6.07, 6.45) is 3.78. The summed E-state index contributed by atoms with van der Waals surface area (Å²) in [7, 11) is -1.46. The van der Waals surface area contributed by atoms with Crippen molar-refractivity contribution in [3.63, 3.8) is 0 Å². The standard InChI is InChI=1S/C7H9BN2O3/c9-10-7(11)5-1-3-6(4-2-5)8(12)13/h1,3,9,12-13H,2,4H2. The lowest BCUT2D eigenvalue weighted by Gasteiger charge is -2.10.